The molecule has 1 aromatic carbocycles. The van der Waals surface area contributed by atoms with Crippen LogP contribution in [-0.4, -0.2) is 21.0 Å². The SMILES string of the molecule is COc1cccc2c1[Si](C)(C)CCCC(=O)C2. The van der Waals surface area contributed by atoms with Crippen molar-refractivity contribution in [2.45, 2.75) is 38.4 Å². The van der Waals surface area contributed by atoms with Gasteiger partial charge in [0.05, 0.1) is 15.2 Å². The lowest BCUT2D eigenvalue weighted by Gasteiger charge is -2.29. The second kappa shape index (κ2) is 4.65. The highest BCUT2D eigenvalue weighted by Crippen LogP contribution is 2.25. The number of Topliss-reactive ketones (excluding diaryl/α,β-unsaturated/α-hetero) is 1. The van der Waals surface area contributed by atoms with Gasteiger partial charge in [-0.2, -0.15) is 0 Å². The molecule has 0 spiro atoms. The maximum absolute atomic E-state index is 11.8. The number of rotatable bonds is 1. The summed E-state index contributed by atoms with van der Waals surface area (Å²) in [4.78, 5) is 11.8. The number of carbonyl (C=O) groups is 1. The minimum absolute atomic E-state index is 0.365. The third-order valence-electron chi connectivity index (χ3n) is 3.65. The van der Waals surface area contributed by atoms with E-state index in [2.05, 4.69) is 19.2 Å². The largest absolute Gasteiger partial charge is 0.497 e. The Morgan fingerprint density at radius 3 is 2.76 bits per heavy atom. The van der Waals surface area contributed by atoms with Crippen molar-refractivity contribution in [3.05, 3.63) is 23.8 Å². The van der Waals surface area contributed by atoms with Gasteiger partial charge in [-0.15, -0.1) is 0 Å². The molecule has 3 heteroatoms. The van der Waals surface area contributed by atoms with Gasteiger partial charge in [-0.3, -0.25) is 4.79 Å². The summed E-state index contributed by atoms with van der Waals surface area (Å²) < 4.78 is 5.50. The van der Waals surface area contributed by atoms with Gasteiger partial charge in [-0.05, 0) is 23.2 Å². The number of hydrogen-bond donors (Lipinski definition) is 0. The number of hydrogen-bond acceptors (Lipinski definition) is 2. The molecule has 1 heterocycles. The van der Waals surface area contributed by atoms with Crippen LogP contribution in [-0.2, 0) is 11.2 Å². The molecule has 0 radical (unpaired) electrons. The smallest absolute Gasteiger partial charge is 0.137 e. The molecule has 0 amide bonds. The van der Waals surface area contributed by atoms with Crippen LogP contribution in [0.2, 0.25) is 19.1 Å². The fraction of sp³-hybridized carbons (Fsp3) is 0.500. The van der Waals surface area contributed by atoms with E-state index in [0.29, 0.717) is 12.2 Å². The highest BCUT2D eigenvalue weighted by Gasteiger charge is 2.31. The predicted octanol–water partition coefficient (Wildman–Crippen LogP) is 2.52. The summed E-state index contributed by atoms with van der Waals surface area (Å²) in [6.07, 6.45) is 2.37. The summed E-state index contributed by atoms with van der Waals surface area (Å²) in [5, 5.41) is 1.36. The Hall–Kier alpha value is -1.09. The zero-order valence-electron chi connectivity index (χ0n) is 10.9. The maximum atomic E-state index is 11.8. The number of ether oxygens (including phenoxy) is 1. The van der Waals surface area contributed by atoms with Crippen LogP contribution in [0.25, 0.3) is 0 Å². The fourth-order valence-electron chi connectivity index (χ4n) is 2.82. The van der Waals surface area contributed by atoms with Gasteiger partial charge < -0.3 is 4.74 Å². The number of ketones is 1. The average Bonchev–Trinajstić information content (AvgIpc) is 2.26. The summed E-state index contributed by atoms with van der Waals surface area (Å²) in [6, 6.07) is 7.29. The van der Waals surface area contributed by atoms with Crippen molar-refractivity contribution in [1.29, 1.82) is 0 Å². The number of carbonyl (C=O) groups excluding carboxylic acids is 1. The lowest BCUT2D eigenvalue weighted by molar-refractivity contribution is -0.118. The van der Waals surface area contributed by atoms with Crippen molar-refractivity contribution in [3.63, 3.8) is 0 Å². The number of methoxy groups -OCH3 is 1. The molecule has 0 saturated heterocycles. The summed E-state index contributed by atoms with van der Waals surface area (Å²) in [6.45, 7) is 4.76. The topological polar surface area (TPSA) is 26.3 Å². The number of fused-ring (bicyclic) bond motifs is 1. The first-order valence-electron chi connectivity index (χ1n) is 6.22. The Morgan fingerprint density at radius 2 is 2.06 bits per heavy atom. The van der Waals surface area contributed by atoms with Gasteiger partial charge in [0, 0.05) is 12.8 Å². The van der Waals surface area contributed by atoms with E-state index in [1.165, 1.54) is 16.8 Å². The third-order valence-corrected chi connectivity index (χ3v) is 7.18. The molecular weight excluding hydrogens is 228 g/mol. The molecule has 0 saturated carbocycles. The van der Waals surface area contributed by atoms with Crippen LogP contribution in [0, 0.1) is 0 Å². The average molecular weight is 248 g/mol. The normalized spacial score (nSPS) is 19.1. The Labute approximate surface area is 104 Å². The Kier molecular flexibility index (Phi) is 3.38. The van der Waals surface area contributed by atoms with Gasteiger partial charge in [-0.1, -0.05) is 31.3 Å². The van der Waals surface area contributed by atoms with Crippen LogP contribution in [0.5, 0.6) is 5.75 Å². The standard InChI is InChI=1S/C14H20O2Si/c1-16-13-8-4-6-11-10-12(15)7-5-9-17(2,3)14(11)13/h4,6,8H,5,7,9-10H2,1-3H3. The summed E-state index contributed by atoms with van der Waals surface area (Å²) >= 11 is 0. The van der Waals surface area contributed by atoms with Crippen LogP contribution >= 0.6 is 0 Å². The quantitative estimate of drug-likeness (QED) is 0.714. The van der Waals surface area contributed by atoms with Crippen LogP contribution in [0.4, 0.5) is 0 Å². The molecular formula is C14H20O2Si. The summed E-state index contributed by atoms with van der Waals surface area (Å²) in [7, 11) is 0.257. The van der Waals surface area contributed by atoms with E-state index < -0.39 is 8.07 Å². The minimum Gasteiger partial charge on any atom is -0.497 e. The van der Waals surface area contributed by atoms with Crippen molar-refractivity contribution in [3.8, 4) is 5.75 Å². The van der Waals surface area contributed by atoms with Crippen molar-refractivity contribution < 1.29 is 9.53 Å². The second-order valence-corrected chi connectivity index (χ2v) is 10.2. The van der Waals surface area contributed by atoms with Crippen molar-refractivity contribution in [1.82, 2.24) is 0 Å². The molecule has 1 aliphatic heterocycles. The molecule has 2 nitrogen and oxygen atoms in total. The predicted molar refractivity (Wildman–Crippen MR) is 72.9 cm³/mol. The van der Waals surface area contributed by atoms with Gasteiger partial charge >= 0.3 is 0 Å². The first kappa shape index (κ1) is 12.4. The van der Waals surface area contributed by atoms with E-state index in [1.54, 1.807) is 7.11 Å². The van der Waals surface area contributed by atoms with Gasteiger partial charge in [-0.25, -0.2) is 0 Å². The van der Waals surface area contributed by atoms with E-state index in [1.807, 2.05) is 12.1 Å². The monoisotopic (exact) mass is 248 g/mol. The minimum atomic E-state index is -1.47. The van der Waals surface area contributed by atoms with Crippen LogP contribution in [0.3, 0.4) is 0 Å². The van der Waals surface area contributed by atoms with Gasteiger partial charge in [0.1, 0.15) is 11.5 Å². The molecule has 92 valence electrons. The van der Waals surface area contributed by atoms with Crippen molar-refractivity contribution >= 4 is 19.0 Å². The van der Waals surface area contributed by atoms with E-state index in [4.69, 9.17) is 4.74 Å². The van der Waals surface area contributed by atoms with Gasteiger partial charge in [0.25, 0.3) is 0 Å². The molecule has 0 aliphatic carbocycles. The molecule has 0 aromatic heterocycles. The maximum Gasteiger partial charge on any atom is 0.137 e. The van der Waals surface area contributed by atoms with Crippen LogP contribution in [0.1, 0.15) is 18.4 Å². The molecule has 2 rings (SSSR count). The Bertz CT molecular complexity index is 438. The molecule has 1 aliphatic rings. The van der Waals surface area contributed by atoms with Gasteiger partial charge in [0.2, 0.25) is 0 Å². The summed E-state index contributed by atoms with van der Waals surface area (Å²) in [5.41, 5.74) is 1.20. The van der Waals surface area contributed by atoms with Gasteiger partial charge in [0.15, 0.2) is 0 Å². The Morgan fingerprint density at radius 1 is 1.29 bits per heavy atom. The molecule has 0 fully saturated rings. The molecule has 0 atom stereocenters. The van der Waals surface area contributed by atoms with E-state index >= 15 is 0 Å². The fourth-order valence-corrected chi connectivity index (χ4v) is 6.02. The van der Waals surface area contributed by atoms with E-state index in [0.717, 1.165) is 18.6 Å². The van der Waals surface area contributed by atoms with Crippen LogP contribution in [0.15, 0.2) is 18.2 Å². The number of benzene rings is 1. The van der Waals surface area contributed by atoms with E-state index in [9.17, 15) is 4.79 Å². The zero-order valence-corrected chi connectivity index (χ0v) is 11.9. The molecule has 0 bridgehead atoms. The highest BCUT2D eigenvalue weighted by atomic mass is 28.3. The zero-order chi connectivity index (χ0) is 12.5. The van der Waals surface area contributed by atoms with E-state index in [-0.39, 0.29) is 0 Å². The lowest BCUT2D eigenvalue weighted by atomic mass is 10.1. The Balaban J connectivity index is 2.57. The third kappa shape index (κ3) is 2.44. The molecule has 1 aromatic rings. The lowest BCUT2D eigenvalue weighted by Crippen LogP contribution is -2.45. The van der Waals surface area contributed by atoms with Crippen LogP contribution < -0.4 is 9.92 Å². The molecule has 17 heavy (non-hydrogen) atoms. The highest BCUT2D eigenvalue weighted by molar-refractivity contribution is 6.90. The first-order chi connectivity index (χ1) is 8.04. The second-order valence-electron chi connectivity index (χ2n) is 5.45. The first-order valence-corrected chi connectivity index (χ1v) is 9.43. The summed E-state index contributed by atoms with van der Waals surface area (Å²) in [5.74, 6) is 1.35. The molecule has 0 N–H and O–H groups in total. The van der Waals surface area contributed by atoms with Crippen molar-refractivity contribution in [2.75, 3.05) is 7.11 Å². The van der Waals surface area contributed by atoms with Crippen molar-refractivity contribution in [2.24, 2.45) is 0 Å². The molecule has 0 unspecified atom stereocenters.